The molecule has 0 saturated heterocycles. The highest BCUT2D eigenvalue weighted by Gasteiger charge is 2.10. The zero-order chi connectivity index (χ0) is 12.7. The van der Waals surface area contributed by atoms with Gasteiger partial charge in [0.1, 0.15) is 12.5 Å². The van der Waals surface area contributed by atoms with Crippen LogP contribution < -0.4 is 5.32 Å². The second kappa shape index (κ2) is 3.92. The number of nitrogens with one attached hydrogen (secondary N) is 1. The van der Waals surface area contributed by atoms with E-state index in [0.717, 1.165) is 21.5 Å². The molecule has 0 fully saturated rings. The number of fused-ring (bicyclic) bond motifs is 2. The first kappa shape index (κ1) is 10.3. The van der Waals surface area contributed by atoms with Crippen molar-refractivity contribution >= 4 is 33.3 Å². The van der Waals surface area contributed by atoms with Gasteiger partial charge < -0.3 is 8.83 Å². The molecular formula is C16H11NO2. The minimum absolute atomic E-state index is 0.704. The number of rotatable bonds is 2. The maximum atomic E-state index is 5.57. The molecule has 2 heterocycles. The van der Waals surface area contributed by atoms with Crippen LogP contribution in [0.5, 0.6) is 0 Å². The fraction of sp³-hybridized carbons (Fsp3) is 0. The van der Waals surface area contributed by atoms with Crippen LogP contribution in [0.4, 0.5) is 11.8 Å². The number of hydrogen-bond acceptors (Lipinski definition) is 3. The van der Waals surface area contributed by atoms with Crippen molar-refractivity contribution in [2.24, 2.45) is 0 Å². The Labute approximate surface area is 109 Å². The Balaban J connectivity index is 1.82. The molecule has 92 valence electrons. The van der Waals surface area contributed by atoms with Crippen LogP contribution in [0.1, 0.15) is 0 Å². The van der Waals surface area contributed by atoms with E-state index in [0.29, 0.717) is 11.8 Å². The van der Waals surface area contributed by atoms with E-state index >= 15 is 0 Å². The van der Waals surface area contributed by atoms with Crippen LogP contribution in [-0.2, 0) is 0 Å². The maximum absolute atomic E-state index is 5.57. The van der Waals surface area contributed by atoms with Crippen molar-refractivity contribution in [1.82, 2.24) is 0 Å². The van der Waals surface area contributed by atoms with Crippen LogP contribution in [0.15, 0.2) is 69.9 Å². The number of hydrogen-bond donors (Lipinski definition) is 1. The first-order valence-corrected chi connectivity index (χ1v) is 6.11. The molecule has 1 N–H and O–H groups in total. The van der Waals surface area contributed by atoms with Gasteiger partial charge >= 0.3 is 0 Å². The molecule has 19 heavy (non-hydrogen) atoms. The Bertz CT molecular complexity index is 785. The highest BCUT2D eigenvalue weighted by Crippen LogP contribution is 2.32. The summed E-state index contributed by atoms with van der Waals surface area (Å²) in [6, 6.07) is 16.0. The van der Waals surface area contributed by atoms with Gasteiger partial charge in [-0.1, -0.05) is 36.4 Å². The summed E-state index contributed by atoms with van der Waals surface area (Å²) in [6.45, 7) is 0. The molecule has 0 atom stereocenters. The van der Waals surface area contributed by atoms with E-state index in [1.807, 2.05) is 48.5 Å². The van der Waals surface area contributed by atoms with Crippen LogP contribution in [-0.4, -0.2) is 0 Å². The summed E-state index contributed by atoms with van der Waals surface area (Å²) in [5, 5.41) is 7.45. The molecule has 2 aromatic carbocycles. The molecule has 0 bridgehead atoms. The van der Waals surface area contributed by atoms with Crippen LogP contribution in [0.3, 0.4) is 0 Å². The first-order valence-electron chi connectivity index (χ1n) is 6.11. The van der Waals surface area contributed by atoms with Crippen molar-refractivity contribution in [3.8, 4) is 0 Å². The van der Waals surface area contributed by atoms with Gasteiger partial charge in [-0.2, -0.15) is 0 Å². The first-order chi connectivity index (χ1) is 9.42. The van der Waals surface area contributed by atoms with Gasteiger partial charge in [-0.05, 0) is 12.1 Å². The van der Waals surface area contributed by atoms with E-state index in [9.17, 15) is 0 Å². The third kappa shape index (κ3) is 1.59. The van der Waals surface area contributed by atoms with E-state index in [1.54, 1.807) is 12.5 Å². The Kier molecular flexibility index (Phi) is 2.12. The maximum Gasteiger partial charge on any atom is 0.207 e. The lowest BCUT2D eigenvalue weighted by atomic mass is 10.2. The van der Waals surface area contributed by atoms with Crippen LogP contribution >= 0.6 is 0 Å². The number of furan rings is 2. The average molecular weight is 249 g/mol. The largest absolute Gasteiger partial charge is 0.447 e. The summed E-state index contributed by atoms with van der Waals surface area (Å²) < 4.78 is 11.1. The standard InChI is InChI=1S/C16H11NO2/c1-3-7-13-11(5-1)9-18-15(13)17-16-14-8-4-2-6-12(14)10-19-16/h1-10,17H. The molecule has 2 aromatic heterocycles. The number of benzene rings is 2. The van der Waals surface area contributed by atoms with Gasteiger partial charge in [0, 0.05) is 21.5 Å². The molecule has 3 nitrogen and oxygen atoms in total. The summed E-state index contributed by atoms with van der Waals surface area (Å²) >= 11 is 0. The van der Waals surface area contributed by atoms with Crippen LogP contribution in [0.25, 0.3) is 21.5 Å². The molecule has 0 amide bonds. The lowest BCUT2D eigenvalue weighted by molar-refractivity contribution is 0.564. The number of anilines is 2. The fourth-order valence-corrected chi connectivity index (χ4v) is 2.28. The van der Waals surface area contributed by atoms with Crippen molar-refractivity contribution in [2.75, 3.05) is 5.32 Å². The molecule has 0 unspecified atom stereocenters. The van der Waals surface area contributed by atoms with Gasteiger partial charge in [0.2, 0.25) is 11.8 Å². The highest BCUT2D eigenvalue weighted by atomic mass is 16.4. The summed E-state index contributed by atoms with van der Waals surface area (Å²) in [5.74, 6) is 1.41. The molecule has 0 aliphatic rings. The van der Waals surface area contributed by atoms with Crippen LogP contribution in [0.2, 0.25) is 0 Å². The SMILES string of the molecule is c1ccc2c(Nc3occ4ccccc34)occ2c1. The normalized spacial score (nSPS) is 11.2. The van der Waals surface area contributed by atoms with Crippen molar-refractivity contribution < 1.29 is 8.83 Å². The monoisotopic (exact) mass is 249 g/mol. The lowest BCUT2D eigenvalue weighted by Crippen LogP contribution is -1.86. The molecule has 3 heteroatoms. The predicted molar refractivity (Wildman–Crippen MR) is 75.7 cm³/mol. The minimum Gasteiger partial charge on any atom is -0.447 e. The van der Waals surface area contributed by atoms with E-state index in [-0.39, 0.29) is 0 Å². The van der Waals surface area contributed by atoms with Crippen molar-refractivity contribution in [2.45, 2.75) is 0 Å². The van der Waals surface area contributed by atoms with Crippen molar-refractivity contribution in [3.05, 3.63) is 61.1 Å². The van der Waals surface area contributed by atoms with Gasteiger partial charge in [0.25, 0.3) is 0 Å². The summed E-state index contributed by atoms with van der Waals surface area (Å²) in [4.78, 5) is 0. The molecule has 0 radical (unpaired) electrons. The van der Waals surface area contributed by atoms with E-state index in [2.05, 4.69) is 5.32 Å². The zero-order valence-corrected chi connectivity index (χ0v) is 10.1. The molecule has 0 aliphatic heterocycles. The van der Waals surface area contributed by atoms with Crippen molar-refractivity contribution in [1.29, 1.82) is 0 Å². The lowest BCUT2D eigenvalue weighted by Gasteiger charge is -2.00. The van der Waals surface area contributed by atoms with Crippen LogP contribution in [0, 0.1) is 0 Å². The molecule has 0 saturated carbocycles. The van der Waals surface area contributed by atoms with Gasteiger partial charge in [0.05, 0.1) is 0 Å². The Hall–Kier alpha value is -2.68. The average Bonchev–Trinajstić information content (AvgIpc) is 3.05. The van der Waals surface area contributed by atoms with Gasteiger partial charge in [-0.3, -0.25) is 5.32 Å². The Morgan fingerprint density at radius 1 is 0.632 bits per heavy atom. The summed E-state index contributed by atoms with van der Waals surface area (Å²) in [7, 11) is 0. The molecule has 4 aromatic rings. The van der Waals surface area contributed by atoms with E-state index < -0.39 is 0 Å². The van der Waals surface area contributed by atoms with E-state index in [1.165, 1.54) is 0 Å². The van der Waals surface area contributed by atoms with Crippen molar-refractivity contribution in [3.63, 3.8) is 0 Å². The second-order valence-corrected chi connectivity index (χ2v) is 4.43. The molecular weight excluding hydrogens is 238 g/mol. The quantitative estimate of drug-likeness (QED) is 0.547. The van der Waals surface area contributed by atoms with Gasteiger partial charge in [0.15, 0.2) is 0 Å². The van der Waals surface area contributed by atoms with Gasteiger partial charge in [-0.15, -0.1) is 0 Å². The van der Waals surface area contributed by atoms with E-state index in [4.69, 9.17) is 8.83 Å². The summed E-state index contributed by atoms with van der Waals surface area (Å²) in [5.41, 5.74) is 0. The summed E-state index contributed by atoms with van der Waals surface area (Å²) in [6.07, 6.45) is 3.48. The minimum atomic E-state index is 0.704. The Morgan fingerprint density at radius 3 is 1.63 bits per heavy atom. The highest BCUT2D eigenvalue weighted by molar-refractivity contribution is 5.97. The smallest absolute Gasteiger partial charge is 0.207 e. The predicted octanol–water partition coefficient (Wildman–Crippen LogP) is 4.92. The molecule has 0 aliphatic carbocycles. The second-order valence-electron chi connectivity index (χ2n) is 4.43. The topological polar surface area (TPSA) is 38.3 Å². The van der Waals surface area contributed by atoms with Gasteiger partial charge in [-0.25, -0.2) is 0 Å². The third-order valence-electron chi connectivity index (χ3n) is 3.25. The Morgan fingerprint density at radius 2 is 1.11 bits per heavy atom. The molecule has 0 spiro atoms. The zero-order valence-electron chi connectivity index (χ0n) is 10.1. The molecule has 4 rings (SSSR count). The third-order valence-corrected chi connectivity index (χ3v) is 3.25. The fourth-order valence-electron chi connectivity index (χ4n) is 2.28.